The Morgan fingerprint density at radius 2 is 1.96 bits per heavy atom. The summed E-state index contributed by atoms with van der Waals surface area (Å²) >= 11 is 0. The summed E-state index contributed by atoms with van der Waals surface area (Å²) in [6, 6.07) is 14.5. The number of hydrogen-bond donors (Lipinski definition) is 0. The normalized spacial score (nSPS) is 18.7. The van der Waals surface area contributed by atoms with Gasteiger partial charge in [0.2, 0.25) is 0 Å². The molecule has 1 heterocycles. The second-order valence-corrected chi connectivity index (χ2v) is 6.52. The highest BCUT2D eigenvalue weighted by atomic mass is 16.5. The van der Waals surface area contributed by atoms with Crippen molar-refractivity contribution in [2.45, 2.75) is 38.6 Å². The molecular weight excluding hydrogens is 286 g/mol. The van der Waals surface area contributed by atoms with Crippen molar-refractivity contribution in [3.05, 3.63) is 59.2 Å². The van der Waals surface area contributed by atoms with Gasteiger partial charge in [-0.2, -0.15) is 0 Å². The van der Waals surface area contributed by atoms with Gasteiger partial charge in [0.25, 0.3) is 5.91 Å². The first-order valence-electron chi connectivity index (χ1n) is 8.37. The molecule has 3 nitrogen and oxygen atoms in total. The first kappa shape index (κ1) is 14.3. The second kappa shape index (κ2) is 5.73. The van der Waals surface area contributed by atoms with Crippen molar-refractivity contribution < 1.29 is 9.53 Å². The number of carbonyl (C=O) groups excluding carboxylic acids is 1. The van der Waals surface area contributed by atoms with Crippen LogP contribution in [-0.4, -0.2) is 18.6 Å². The van der Waals surface area contributed by atoms with Crippen LogP contribution in [0.3, 0.4) is 0 Å². The molecule has 2 aromatic rings. The van der Waals surface area contributed by atoms with Crippen molar-refractivity contribution in [2.24, 2.45) is 0 Å². The first-order valence-corrected chi connectivity index (χ1v) is 8.37. The highest BCUT2D eigenvalue weighted by Gasteiger charge is 2.30. The van der Waals surface area contributed by atoms with E-state index in [-0.39, 0.29) is 18.6 Å². The SMILES string of the molecule is CC1Cc2ccccc2N1C(=O)COc1ccc2c(c1)CCC2. The molecular formula is C20H21NO2. The number of amides is 1. The molecule has 1 aliphatic carbocycles. The molecule has 1 aliphatic heterocycles. The molecule has 4 rings (SSSR count). The number of carbonyl (C=O) groups is 1. The van der Waals surface area contributed by atoms with Gasteiger partial charge in [0.05, 0.1) is 0 Å². The smallest absolute Gasteiger partial charge is 0.265 e. The minimum atomic E-state index is 0.0305. The molecule has 1 atom stereocenters. The monoisotopic (exact) mass is 307 g/mol. The van der Waals surface area contributed by atoms with E-state index in [0.717, 1.165) is 30.7 Å². The van der Waals surface area contributed by atoms with Crippen molar-refractivity contribution in [1.82, 2.24) is 0 Å². The van der Waals surface area contributed by atoms with E-state index >= 15 is 0 Å². The van der Waals surface area contributed by atoms with Crippen LogP contribution in [0.4, 0.5) is 5.69 Å². The summed E-state index contributed by atoms with van der Waals surface area (Å²) in [6.07, 6.45) is 4.42. The summed E-state index contributed by atoms with van der Waals surface area (Å²) in [7, 11) is 0. The van der Waals surface area contributed by atoms with Gasteiger partial charge in [0, 0.05) is 11.7 Å². The Bertz CT molecular complexity index is 753. The zero-order valence-corrected chi connectivity index (χ0v) is 13.4. The number of fused-ring (bicyclic) bond motifs is 2. The topological polar surface area (TPSA) is 29.5 Å². The van der Waals surface area contributed by atoms with Crippen LogP contribution in [0.15, 0.2) is 42.5 Å². The largest absolute Gasteiger partial charge is 0.484 e. The van der Waals surface area contributed by atoms with Crippen molar-refractivity contribution in [3.8, 4) is 5.75 Å². The van der Waals surface area contributed by atoms with Crippen molar-refractivity contribution in [2.75, 3.05) is 11.5 Å². The average Bonchev–Trinajstić information content (AvgIpc) is 3.15. The Balaban J connectivity index is 1.46. The quantitative estimate of drug-likeness (QED) is 0.868. The second-order valence-electron chi connectivity index (χ2n) is 6.52. The van der Waals surface area contributed by atoms with Crippen LogP contribution in [0, 0.1) is 0 Å². The highest BCUT2D eigenvalue weighted by Crippen LogP contribution is 2.32. The number of benzene rings is 2. The van der Waals surface area contributed by atoms with Crippen LogP contribution < -0.4 is 9.64 Å². The van der Waals surface area contributed by atoms with Crippen LogP contribution in [-0.2, 0) is 24.1 Å². The standard InChI is InChI=1S/C20H21NO2/c1-14-11-17-5-2-3-8-19(17)21(14)20(22)13-23-18-10-9-15-6-4-7-16(15)12-18/h2-3,5,8-10,12,14H,4,6-7,11,13H2,1H3. The third-order valence-electron chi connectivity index (χ3n) is 4.91. The van der Waals surface area contributed by atoms with E-state index in [1.807, 2.05) is 29.2 Å². The number of anilines is 1. The average molecular weight is 307 g/mol. The molecule has 0 saturated carbocycles. The number of hydrogen-bond acceptors (Lipinski definition) is 2. The summed E-state index contributed by atoms with van der Waals surface area (Å²) in [5, 5.41) is 0. The van der Waals surface area contributed by atoms with Gasteiger partial charge < -0.3 is 9.64 Å². The van der Waals surface area contributed by atoms with E-state index in [2.05, 4.69) is 25.1 Å². The Morgan fingerprint density at radius 3 is 2.87 bits per heavy atom. The van der Waals surface area contributed by atoms with E-state index in [1.165, 1.54) is 23.1 Å². The van der Waals surface area contributed by atoms with Gasteiger partial charge in [-0.05, 0) is 67.5 Å². The lowest BCUT2D eigenvalue weighted by molar-refractivity contribution is -0.120. The molecule has 118 valence electrons. The molecule has 0 fully saturated rings. The molecule has 0 spiro atoms. The fourth-order valence-corrected chi connectivity index (χ4v) is 3.80. The van der Waals surface area contributed by atoms with Crippen molar-refractivity contribution in [3.63, 3.8) is 0 Å². The minimum Gasteiger partial charge on any atom is -0.484 e. The molecule has 1 unspecified atom stereocenters. The van der Waals surface area contributed by atoms with Crippen LogP contribution in [0.25, 0.3) is 0 Å². The lowest BCUT2D eigenvalue weighted by Crippen LogP contribution is -2.39. The van der Waals surface area contributed by atoms with E-state index in [9.17, 15) is 4.79 Å². The third-order valence-corrected chi connectivity index (χ3v) is 4.91. The summed E-state index contributed by atoms with van der Waals surface area (Å²) in [5.41, 5.74) is 5.06. The molecule has 0 saturated heterocycles. The molecule has 23 heavy (non-hydrogen) atoms. The molecule has 0 N–H and O–H groups in total. The minimum absolute atomic E-state index is 0.0305. The fraction of sp³-hybridized carbons (Fsp3) is 0.350. The highest BCUT2D eigenvalue weighted by molar-refractivity contribution is 5.97. The molecule has 3 heteroatoms. The molecule has 1 amide bonds. The molecule has 2 aromatic carbocycles. The van der Waals surface area contributed by atoms with Crippen molar-refractivity contribution >= 4 is 11.6 Å². The number of para-hydroxylation sites is 1. The summed E-state index contributed by atoms with van der Waals surface area (Å²) in [4.78, 5) is 14.5. The Hall–Kier alpha value is -2.29. The molecule has 2 aliphatic rings. The maximum Gasteiger partial charge on any atom is 0.265 e. The van der Waals surface area contributed by atoms with Gasteiger partial charge in [-0.1, -0.05) is 24.3 Å². The lowest BCUT2D eigenvalue weighted by Gasteiger charge is -2.22. The molecule has 0 aromatic heterocycles. The molecule has 0 bridgehead atoms. The van der Waals surface area contributed by atoms with Crippen LogP contribution in [0.2, 0.25) is 0 Å². The van der Waals surface area contributed by atoms with Gasteiger partial charge >= 0.3 is 0 Å². The lowest BCUT2D eigenvalue weighted by atomic mass is 10.1. The fourth-order valence-electron chi connectivity index (χ4n) is 3.80. The van der Waals surface area contributed by atoms with E-state index in [1.54, 1.807) is 0 Å². The number of nitrogens with zero attached hydrogens (tertiary/aromatic N) is 1. The third kappa shape index (κ3) is 2.61. The van der Waals surface area contributed by atoms with Crippen LogP contribution >= 0.6 is 0 Å². The maximum atomic E-state index is 12.6. The Kier molecular flexibility index (Phi) is 3.56. The first-order chi connectivity index (χ1) is 11.2. The van der Waals surface area contributed by atoms with Gasteiger partial charge in [0.1, 0.15) is 5.75 Å². The van der Waals surface area contributed by atoms with Crippen LogP contribution in [0.5, 0.6) is 5.75 Å². The van der Waals surface area contributed by atoms with Gasteiger partial charge in [0.15, 0.2) is 6.61 Å². The van der Waals surface area contributed by atoms with Crippen LogP contribution in [0.1, 0.15) is 30.0 Å². The Labute approximate surface area is 136 Å². The summed E-state index contributed by atoms with van der Waals surface area (Å²) in [5.74, 6) is 0.835. The summed E-state index contributed by atoms with van der Waals surface area (Å²) < 4.78 is 5.78. The van der Waals surface area contributed by atoms with Crippen molar-refractivity contribution in [1.29, 1.82) is 0 Å². The Morgan fingerprint density at radius 1 is 1.13 bits per heavy atom. The molecule has 0 radical (unpaired) electrons. The van der Waals surface area contributed by atoms with E-state index in [4.69, 9.17) is 4.74 Å². The van der Waals surface area contributed by atoms with Gasteiger partial charge in [-0.3, -0.25) is 4.79 Å². The zero-order chi connectivity index (χ0) is 15.8. The van der Waals surface area contributed by atoms with E-state index < -0.39 is 0 Å². The number of ether oxygens (including phenoxy) is 1. The zero-order valence-electron chi connectivity index (χ0n) is 13.4. The van der Waals surface area contributed by atoms with Gasteiger partial charge in [-0.25, -0.2) is 0 Å². The predicted molar refractivity (Wildman–Crippen MR) is 91.1 cm³/mol. The number of aryl methyl sites for hydroxylation is 2. The number of rotatable bonds is 3. The predicted octanol–water partition coefficient (Wildman–Crippen LogP) is 3.53. The summed E-state index contributed by atoms with van der Waals surface area (Å²) in [6.45, 7) is 2.19. The maximum absolute atomic E-state index is 12.6. The van der Waals surface area contributed by atoms with Gasteiger partial charge in [-0.15, -0.1) is 0 Å². The van der Waals surface area contributed by atoms with E-state index in [0.29, 0.717) is 0 Å².